The number of hydrogen-bond acceptors (Lipinski definition) is 2. The number of likely N-dealkylation sites (tertiary alicyclic amines) is 1. The number of nitrogens with zero attached hydrogens (tertiary/aromatic N) is 1. The Balaban J connectivity index is 1.77. The maximum atomic E-state index is 13.2. The van der Waals surface area contributed by atoms with Crippen molar-refractivity contribution in [2.24, 2.45) is 11.7 Å². The summed E-state index contributed by atoms with van der Waals surface area (Å²) in [5.41, 5.74) is 8.53. The average Bonchev–Trinajstić information content (AvgIpc) is 2.92. The van der Waals surface area contributed by atoms with E-state index in [1.807, 2.05) is 6.07 Å². The van der Waals surface area contributed by atoms with Crippen LogP contribution < -0.4 is 5.73 Å². The summed E-state index contributed by atoms with van der Waals surface area (Å²) in [5, 5.41) is 0. The van der Waals surface area contributed by atoms with Crippen molar-refractivity contribution < 1.29 is 4.39 Å². The molecule has 3 heteroatoms. The lowest BCUT2D eigenvalue weighted by Crippen LogP contribution is -2.31. The zero-order valence-corrected chi connectivity index (χ0v) is 10.9. The molecule has 1 heterocycles. The van der Waals surface area contributed by atoms with Gasteiger partial charge in [-0.3, -0.25) is 4.90 Å². The van der Waals surface area contributed by atoms with Gasteiger partial charge < -0.3 is 5.73 Å². The van der Waals surface area contributed by atoms with Crippen molar-refractivity contribution in [3.8, 4) is 0 Å². The van der Waals surface area contributed by atoms with Gasteiger partial charge in [-0.1, -0.05) is 6.07 Å². The van der Waals surface area contributed by atoms with Crippen LogP contribution in [0.4, 0.5) is 4.39 Å². The van der Waals surface area contributed by atoms with Crippen LogP contribution in [0.5, 0.6) is 0 Å². The molecule has 1 aromatic rings. The smallest absolute Gasteiger partial charge is 0.123 e. The van der Waals surface area contributed by atoms with E-state index in [0.717, 1.165) is 25.9 Å². The van der Waals surface area contributed by atoms with Crippen molar-refractivity contribution in [1.82, 2.24) is 4.90 Å². The van der Waals surface area contributed by atoms with Gasteiger partial charge >= 0.3 is 0 Å². The number of aryl methyl sites for hydroxylation is 1. The Hall–Kier alpha value is -0.930. The predicted octanol–water partition coefficient (Wildman–Crippen LogP) is 2.48. The molecule has 1 aromatic carbocycles. The lowest BCUT2D eigenvalue weighted by atomic mass is 10.0. The number of hydrogen-bond donors (Lipinski definition) is 1. The van der Waals surface area contributed by atoms with E-state index in [4.69, 9.17) is 5.73 Å². The van der Waals surface area contributed by atoms with Gasteiger partial charge in [0.05, 0.1) is 0 Å². The van der Waals surface area contributed by atoms with E-state index in [1.54, 1.807) is 12.1 Å². The molecule has 1 fully saturated rings. The molecule has 2 aliphatic rings. The van der Waals surface area contributed by atoms with Crippen LogP contribution in [-0.2, 0) is 6.42 Å². The molecular weight excluding hydrogens is 227 g/mol. The molecule has 0 amide bonds. The van der Waals surface area contributed by atoms with Crippen LogP contribution in [0.25, 0.3) is 0 Å². The molecule has 0 radical (unpaired) electrons. The first kappa shape index (κ1) is 12.1. The molecule has 3 rings (SSSR count). The molecule has 1 aliphatic heterocycles. The lowest BCUT2D eigenvalue weighted by Gasteiger charge is -2.25. The second-order valence-electron chi connectivity index (χ2n) is 5.80. The first-order valence-corrected chi connectivity index (χ1v) is 6.93. The Morgan fingerprint density at radius 3 is 2.94 bits per heavy atom. The Kier molecular flexibility index (Phi) is 3.12. The third kappa shape index (κ3) is 2.06. The molecule has 1 aliphatic carbocycles. The second kappa shape index (κ2) is 4.63. The summed E-state index contributed by atoms with van der Waals surface area (Å²) in [6.07, 6.45) is 3.34. The lowest BCUT2D eigenvalue weighted by molar-refractivity contribution is 0.232. The summed E-state index contributed by atoms with van der Waals surface area (Å²) in [6.45, 7) is 4.33. The highest BCUT2D eigenvalue weighted by atomic mass is 19.1. The normalized spacial score (nSPS) is 29.5. The van der Waals surface area contributed by atoms with Crippen molar-refractivity contribution in [2.75, 3.05) is 13.1 Å². The number of nitrogens with two attached hydrogens (primary N) is 1. The van der Waals surface area contributed by atoms with Gasteiger partial charge in [0, 0.05) is 18.6 Å². The van der Waals surface area contributed by atoms with Gasteiger partial charge in [0.1, 0.15) is 5.82 Å². The fourth-order valence-corrected chi connectivity index (χ4v) is 3.47. The first-order chi connectivity index (χ1) is 8.65. The molecule has 0 aromatic heterocycles. The molecule has 2 N–H and O–H groups in total. The fourth-order valence-electron chi connectivity index (χ4n) is 3.47. The highest BCUT2D eigenvalue weighted by Gasteiger charge is 2.34. The Morgan fingerprint density at radius 2 is 2.22 bits per heavy atom. The van der Waals surface area contributed by atoms with Crippen LogP contribution in [0.15, 0.2) is 18.2 Å². The van der Waals surface area contributed by atoms with E-state index < -0.39 is 0 Å². The number of halogens is 1. The molecule has 98 valence electrons. The maximum absolute atomic E-state index is 13.2. The topological polar surface area (TPSA) is 29.3 Å². The zero-order chi connectivity index (χ0) is 12.7. The quantitative estimate of drug-likeness (QED) is 0.871. The van der Waals surface area contributed by atoms with E-state index in [0.29, 0.717) is 12.0 Å². The molecule has 2 nitrogen and oxygen atoms in total. The summed E-state index contributed by atoms with van der Waals surface area (Å²) >= 11 is 0. The monoisotopic (exact) mass is 248 g/mol. The minimum Gasteiger partial charge on any atom is -0.328 e. The molecule has 3 atom stereocenters. The Bertz CT molecular complexity index is 444. The third-order valence-corrected chi connectivity index (χ3v) is 4.59. The molecule has 0 saturated carbocycles. The van der Waals surface area contributed by atoms with Crippen LogP contribution in [-0.4, -0.2) is 24.0 Å². The van der Waals surface area contributed by atoms with Crippen molar-refractivity contribution in [1.29, 1.82) is 0 Å². The van der Waals surface area contributed by atoms with Gasteiger partial charge in [-0.15, -0.1) is 0 Å². The Labute approximate surface area is 108 Å². The van der Waals surface area contributed by atoms with Crippen LogP contribution in [0.1, 0.15) is 36.9 Å². The molecule has 1 saturated heterocycles. The molecule has 0 bridgehead atoms. The van der Waals surface area contributed by atoms with Crippen LogP contribution in [0.2, 0.25) is 0 Å². The van der Waals surface area contributed by atoms with E-state index >= 15 is 0 Å². The van der Waals surface area contributed by atoms with Crippen molar-refractivity contribution >= 4 is 0 Å². The third-order valence-electron chi connectivity index (χ3n) is 4.59. The fraction of sp³-hybridized carbons (Fsp3) is 0.600. The summed E-state index contributed by atoms with van der Waals surface area (Å²) in [7, 11) is 0. The predicted molar refractivity (Wildman–Crippen MR) is 70.8 cm³/mol. The number of rotatable bonds is 2. The molecule has 0 spiro atoms. The number of fused-ring (bicyclic) bond motifs is 1. The molecular formula is C15H21FN2. The van der Waals surface area contributed by atoms with Gasteiger partial charge in [-0.25, -0.2) is 4.39 Å². The van der Waals surface area contributed by atoms with Crippen LogP contribution >= 0.6 is 0 Å². The zero-order valence-electron chi connectivity index (χ0n) is 10.9. The first-order valence-electron chi connectivity index (χ1n) is 6.93. The summed E-state index contributed by atoms with van der Waals surface area (Å²) in [6, 6.07) is 6.04. The second-order valence-corrected chi connectivity index (χ2v) is 5.80. The largest absolute Gasteiger partial charge is 0.328 e. The highest BCUT2D eigenvalue weighted by Crippen LogP contribution is 2.38. The van der Waals surface area contributed by atoms with Crippen molar-refractivity contribution in [2.45, 2.75) is 38.3 Å². The van der Waals surface area contributed by atoms with Crippen molar-refractivity contribution in [3.63, 3.8) is 0 Å². The molecule has 3 unspecified atom stereocenters. The SMILES string of the molecule is CC(N)C1CCN(C2CCc3cc(F)ccc32)C1. The molecule has 18 heavy (non-hydrogen) atoms. The van der Waals surface area contributed by atoms with Crippen LogP contribution in [0.3, 0.4) is 0 Å². The average molecular weight is 248 g/mol. The minimum absolute atomic E-state index is 0.107. The summed E-state index contributed by atoms with van der Waals surface area (Å²) in [4.78, 5) is 2.54. The van der Waals surface area contributed by atoms with Gasteiger partial charge in [-0.2, -0.15) is 0 Å². The summed E-state index contributed by atoms with van der Waals surface area (Å²) in [5.74, 6) is 0.513. The van der Waals surface area contributed by atoms with Crippen molar-refractivity contribution in [3.05, 3.63) is 35.1 Å². The van der Waals surface area contributed by atoms with Gasteiger partial charge in [0.15, 0.2) is 0 Å². The van der Waals surface area contributed by atoms with E-state index in [2.05, 4.69) is 11.8 Å². The number of benzene rings is 1. The van der Waals surface area contributed by atoms with Gasteiger partial charge in [0.2, 0.25) is 0 Å². The van der Waals surface area contributed by atoms with Gasteiger partial charge in [-0.05, 0) is 61.9 Å². The maximum Gasteiger partial charge on any atom is 0.123 e. The highest BCUT2D eigenvalue weighted by molar-refractivity contribution is 5.35. The van der Waals surface area contributed by atoms with Gasteiger partial charge in [0.25, 0.3) is 0 Å². The summed E-state index contributed by atoms with van der Waals surface area (Å²) < 4.78 is 13.2. The van der Waals surface area contributed by atoms with E-state index in [9.17, 15) is 4.39 Å². The van der Waals surface area contributed by atoms with E-state index in [-0.39, 0.29) is 11.9 Å². The standard InChI is InChI=1S/C15H21FN2/c1-10(17)12-6-7-18(9-12)15-5-2-11-8-13(16)3-4-14(11)15/h3-4,8,10,12,15H,2,5-7,9,17H2,1H3. The van der Waals surface area contributed by atoms with Crippen LogP contribution in [0, 0.1) is 11.7 Å². The minimum atomic E-state index is -0.107. The van der Waals surface area contributed by atoms with E-state index in [1.165, 1.54) is 17.5 Å². The Morgan fingerprint density at radius 1 is 1.39 bits per heavy atom.